The van der Waals surface area contributed by atoms with Crippen LogP contribution in [-0.4, -0.2) is 9.97 Å². The van der Waals surface area contributed by atoms with E-state index in [1.54, 1.807) is 0 Å². The number of nitrogens with zero attached hydrogens (tertiary/aromatic N) is 2. The molecule has 104 valence electrons. The highest BCUT2D eigenvalue weighted by molar-refractivity contribution is 6.06. The topological polar surface area (TPSA) is 25.8 Å². The first kappa shape index (κ1) is 11.9. The van der Waals surface area contributed by atoms with Gasteiger partial charge >= 0.3 is 0 Å². The standard InChI is InChI=1S/C20H14N2/c1-3-7-15-13(5-1)9-11-17-19(15)21-18-12-10-14-6-2-4-8-16(14)20(18)22-17/h1,3-5,7-12H,2,6H2. The van der Waals surface area contributed by atoms with Crippen molar-refractivity contribution in [1.29, 1.82) is 0 Å². The lowest BCUT2D eigenvalue weighted by Gasteiger charge is -2.13. The molecule has 1 aliphatic carbocycles. The van der Waals surface area contributed by atoms with Crippen LogP contribution in [0.3, 0.4) is 0 Å². The maximum atomic E-state index is 4.93. The van der Waals surface area contributed by atoms with E-state index in [1.807, 2.05) is 0 Å². The van der Waals surface area contributed by atoms with Gasteiger partial charge in [0.05, 0.1) is 22.1 Å². The molecule has 1 heterocycles. The lowest BCUT2D eigenvalue weighted by atomic mass is 9.96. The molecule has 0 aliphatic heterocycles. The van der Waals surface area contributed by atoms with Crippen molar-refractivity contribution in [3.63, 3.8) is 0 Å². The summed E-state index contributed by atoms with van der Waals surface area (Å²) >= 11 is 0. The minimum Gasteiger partial charge on any atom is -0.244 e. The highest BCUT2D eigenvalue weighted by Gasteiger charge is 2.12. The zero-order valence-electron chi connectivity index (χ0n) is 12.1. The number of benzene rings is 3. The fraction of sp³-hybridized carbons (Fsp3) is 0.100. The third-order valence-corrected chi connectivity index (χ3v) is 4.49. The first-order chi connectivity index (χ1) is 10.9. The van der Waals surface area contributed by atoms with Crippen LogP contribution in [0.2, 0.25) is 0 Å². The molecule has 0 saturated heterocycles. The van der Waals surface area contributed by atoms with Crippen molar-refractivity contribution in [2.45, 2.75) is 12.8 Å². The van der Waals surface area contributed by atoms with Gasteiger partial charge in [0.15, 0.2) is 0 Å². The fourth-order valence-corrected chi connectivity index (χ4v) is 3.38. The van der Waals surface area contributed by atoms with E-state index in [0.717, 1.165) is 34.9 Å². The molecule has 2 nitrogen and oxygen atoms in total. The minimum atomic E-state index is 0.971. The quantitative estimate of drug-likeness (QED) is 0.339. The molecule has 0 radical (unpaired) electrons. The summed E-state index contributed by atoms with van der Waals surface area (Å²) in [5.74, 6) is 0. The van der Waals surface area contributed by atoms with Gasteiger partial charge in [0.2, 0.25) is 0 Å². The van der Waals surface area contributed by atoms with Crippen molar-refractivity contribution >= 4 is 38.9 Å². The van der Waals surface area contributed by atoms with Gasteiger partial charge in [0, 0.05) is 10.9 Å². The van der Waals surface area contributed by atoms with Gasteiger partial charge in [-0.2, -0.15) is 0 Å². The number of hydrogen-bond acceptors (Lipinski definition) is 2. The van der Waals surface area contributed by atoms with Crippen LogP contribution in [0.5, 0.6) is 0 Å². The lowest BCUT2D eigenvalue weighted by molar-refractivity contribution is 0.988. The molecule has 0 atom stereocenters. The van der Waals surface area contributed by atoms with Gasteiger partial charge in [-0.15, -0.1) is 0 Å². The molecule has 0 bridgehead atoms. The van der Waals surface area contributed by atoms with E-state index >= 15 is 0 Å². The van der Waals surface area contributed by atoms with Crippen molar-refractivity contribution in [3.05, 3.63) is 65.7 Å². The van der Waals surface area contributed by atoms with Crippen molar-refractivity contribution in [2.24, 2.45) is 0 Å². The normalized spacial score (nSPS) is 13.8. The smallest absolute Gasteiger partial charge is 0.0972 e. The first-order valence-electron chi connectivity index (χ1n) is 7.68. The van der Waals surface area contributed by atoms with E-state index in [0.29, 0.717) is 0 Å². The van der Waals surface area contributed by atoms with Gasteiger partial charge < -0.3 is 0 Å². The third kappa shape index (κ3) is 1.61. The molecule has 5 rings (SSSR count). The average molecular weight is 282 g/mol. The van der Waals surface area contributed by atoms with Crippen LogP contribution in [0.15, 0.2) is 54.6 Å². The Balaban J connectivity index is 1.95. The van der Waals surface area contributed by atoms with Gasteiger partial charge in [-0.1, -0.05) is 48.6 Å². The second-order valence-electron chi connectivity index (χ2n) is 5.83. The van der Waals surface area contributed by atoms with Crippen LogP contribution in [-0.2, 0) is 6.42 Å². The second kappa shape index (κ2) is 4.38. The Morgan fingerprint density at radius 1 is 0.773 bits per heavy atom. The van der Waals surface area contributed by atoms with E-state index in [1.165, 1.54) is 21.9 Å². The zero-order valence-corrected chi connectivity index (χ0v) is 12.1. The number of rotatable bonds is 0. The SMILES string of the molecule is C1=Cc2c(ccc3nc4c(ccc5ccccc54)nc23)CC1. The number of aryl methyl sites for hydroxylation is 1. The summed E-state index contributed by atoms with van der Waals surface area (Å²) in [6.45, 7) is 0. The Morgan fingerprint density at radius 2 is 1.59 bits per heavy atom. The number of fused-ring (bicyclic) bond motifs is 6. The predicted octanol–water partition coefficient (Wildman–Crippen LogP) is 4.90. The summed E-state index contributed by atoms with van der Waals surface area (Å²) in [4.78, 5) is 9.84. The minimum absolute atomic E-state index is 0.971. The second-order valence-corrected chi connectivity index (χ2v) is 5.83. The van der Waals surface area contributed by atoms with Crippen LogP contribution < -0.4 is 0 Å². The summed E-state index contributed by atoms with van der Waals surface area (Å²) in [7, 11) is 0. The van der Waals surface area contributed by atoms with Crippen LogP contribution in [0, 0.1) is 0 Å². The third-order valence-electron chi connectivity index (χ3n) is 4.49. The summed E-state index contributed by atoms with van der Waals surface area (Å²) in [5, 5.41) is 2.38. The number of allylic oxidation sites excluding steroid dienone is 1. The number of hydrogen-bond donors (Lipinski definition) is 0. The molecule has 0 saturated carbocycles. The van der Waals surface area contributed by atoms with Gasteiger partial charge in [0.25, 0.3) is 0 Å². The molecule has 0 N–H and O–H groups in total. The average Bonchev–Trinajstić information content (AvgIpc) is 2.60. The van der Waals surface area contributed by atoms with Crippen molar-refractivity contribution in [3.8, 4) is 0 Å². The maximum absolute atomic E-state index is 4.93. The Labute approximate surface area is 128 Å². The van der Waals surface area contributed by atoms with E-state index < -0.39 is 0 Å². The Kier molecular flexibility index (Phi) is 2.36. The molecule has 1 aliphatic rings. The molecule has 3 aromatic carbocycles. The van der Waals surface area contributed by atoms with Crippen LogP contribution >= 0.6 is 0 Å². The molecule has 2 heteroatoms. The van der Waals surface area contributed by atoms with Crippen molar-refractivity contribution in [1.82, 2.24) is 9.97 Å². The van der Waals surface area contributed by atoms with E-state index in [2.05, 4.69) is 60.7 Å². The van der Waals surface area contributed by atoms with Gasteiger partial charge in [-0.3, -0.25) is 0 Å². The summed E-state index contributed by atoms with van der Waals surface area (Å²) in [5.41, 5.74) is 6.59. The Hall–Kier alpha value is -2.74. The van der Waals surface area contributed by atoms with Gasteiger partial charge in [0.1, 0.15) is 0 Å². The van der Waals surface area contributed by atoms with Crippen molar-refractivity contribution in [2.75, 3.05) is 0 Å². The molecule has 0 fully saturated rings. The molecule has 4 aromatic rings. The molecule has 0 unspecified atom stereocenters. The van der Waals surface area contributed by atoms with Crippen LogP contribution in [0.1, 0.15) is 17.5 Å². The lowest BCUT2D eigenvalue weighted by Crippen LogP contribution is -1.98. The summed E-state index contributed by atoms with van der Waals surface area (Å²) in [6, 6.07) is 16.9. The predicted molar refractivity (Wildman–Crippen MR) is 91.9 cm³/mol. The molecule has 0 spiro atoms. The maximum Gasteiger partial charge on any atom is 0.0972 e. The van der Waals surface area contributed by atoms with Crippen molar-refractivity contribution < 1.29 is 0 Å². The molecular weight excluding hydrogens is 268 g/mol. The van der Waals surface area contributed by atoms with Gasteiger partial charge in [-0.05, 0) is 35.9 Å². The van der Waals surface area contributed by atoms with E-state index in [9.17, 15) is 0 Å². The highest BCUT2D eigenvalue weighted by Crippen LogP contribution is 2.29. The van der Waals surface area contributed by atoms with Crippen LogP contribution in [0.4, 0.5) is 0 Å². The summed E-state index contributed by atoms with van der Waals surface area (Å²) in [6.07, 6.45) is 6.64. The molecule has 1 aromatic heterocycles. The van der Waals surface area contributed by atoms with E-state index in [4.69, 9.17) is 9.97 Å². The first-order valence-corrected chi connectivity index (χ1v) is 7.68. The Bertz CT molecular complexity index is 1080. The summed E-state index contributed by atoms with van der Waals surface area (Å²) < 4.78 is 0. The molecule has 22 heavy (non-hydrogen) atoms. The highest BCUT2D eigenvalue weighted by atomic mass is 14.8. The molecule has 0 amide bonds. The fourth-order valence-electron chi connectivity index (χ4n) is 3.38. The largest absolute Gasteiger partial charge is 0.244 e. The zero-order chi connectivity index (χ0) is 14.5. The van der Waals surface area contributed by atoms with E-state index in [-0.39, 0.29) is 0 Å². The number of aromatic nitrogens is 2. The molecular formula is C20H14N2. The van der Waals surface area contributed by atoms with Crippen LogP contribution in [0.25, 0.3) is 38.9 Å². The Morgan fingerprint density at radius 3 is 2.59 bits per heavy atom. The van der Waals surface area contributed by atoms with Gasteiger partial charge in [-0.25, -0.2) is 9.97 Å². The monoisotopic (exact) mass is 282 g/mol.